The van der Waals surface area contributed by atoms with Gasteiger partial charge in [-0.15, -0.1) is 0 Å². The maximum Gasteiger partial charge on any atom is 0.340 e. The van der Waals surface area contributed by atoms with E-state index in [4.69, 9.17) is 25.5 Å². The lowest BCUT2D eigenvalue weighted by atomic mass is 10.1. The Balaban J connectivity index is 1.80. The zero-order valence-corrected chi connectivity index (χ0v) is 19.8. The molecule has 0 unspecified atom stereocenters. The molecule has 33 heavy (non-hydrogen) atoms. The van der Waals surface area contributed by atoms with Crippen molar-refractivity contribution in [3.05, 3.63) is 69.8 Å². The van der Waals surface area contributed by atoms with Crippen molar-refractivity contribution in [1.82, 2.24) is 9.62 Å². The summed E-state index contributed by atoms with van der Waals surface area (Å²) in [5.41, 5.74) is 0.718. The van der Waals surface area contributed by atoms with Gasteiger partial charge >= 0.3 is 5.97 Å². The van der Waals surface area contributed by atoms with Crippen molar-refractivity contribution in [3.8, 4) is 0 Å². The minimum atomic E-state index is -3.77. The average molecular weight is 495 g/mol. The number of rotatable bonds is 9. The van der Waals surface area contributed by atoms with Crippen LogP contribution in [0.3, 0.4) is 0 Å². The van der Waals surface area contributed by atoms with Gasteiger partial charge in [-0.05, 0) is 49.4 Å². The van der Waals surface area contributed by atoms with Crippen molar-refractivity contribution >= 4 is 39.6 Å². The van der Waals surface area contributed by atoms with Crippen LogP contribution in [-0.2, 0) is 35.6 Å². The predicted octanol–water partition coefficient (Wildman–Crippen LogP) is 2.73. The van der Waals surface area contributed by atoms with Crippen molar-refractivity contribution in [2.75, 3.05) is 27.4 Å². The molecule has 0 radical (unpaired) electrons. The molecule has 3 rings (SSSR count). The normalized spacial score (nSPS) is 15.6. The fourth-order valence-electron chi connectivity index (χ4n) is 3.25. The predicted molar refractivity (Wildman–Crippen MR) is 120 cm³/mol. The highest BCUT2D eigenvalue weighted by molar-refractivity contribution is 7.89. The highest BCUT2D eigenvalue weighted by Gasteiger charge is 2.37. The van der Waals surface area contributed by atoms with Gasteiger partial charge in [0, 0.05) is 24.4 Å². The van der Waals surface area contributed by atoms with Crippen LogP contribution >= 0.6 is 11.6 Å². The van der Waals surface area contributed by atoms with Gasteiger partial charge in [0.15, 0.2) is 0 Å². The Hall–Kier alpha value is -2.92. The lowest BCUT2D eigenvalue weighted by molar-refractivity contribution is -0.136. The number of carbonyl (C=O) groups is 2. The summed E-state index contributed by atoms with van der Waals surface area (Å²) >= 11 is 5.80. The van der Waals surface area contributed by atoms with Crippen LogP contribution in [0.5, 0.6) is 0 Å². The molecule has 1 amide bonds. The Kier molecular flexibility index (Phi) is 7.75. The third-order valence-corrected chi connectivity index (χ3v) is 6.62. The van der Waals surface area contributed by atoms with Gasteiger partial charge in [0.05, 0.1) is 36.3 Å². The number of benzene rings is 1. The summed E-state index contributed by atoms with van der Waals surface area (Å²) in [6.07, 6.45) is 1.43. The lowest BCUT2D eigenvalue weighted by Gasteiger charge is -2.16. The number of furan rings is 1. The SMILES string of the molecule is COCCN1C(=O)/C(=C\c2ccc(CNS(=O)(=O)c3ccc(Cl)cc3)o2)C(C(=O)OC)=C1C. The van der Waals surface area contributed by atoms with Crippen molar-refractivity contribution in [2.45, 2.75) is 18.4 Å². The second kappa shape index (κ2) is 10.3. The molecule has 0 saturated carbocycles. The van der Waals surface area contributed by atoms with Crippen LogP contribution in [0.2, 0.25) is 5.02 Å². The Morgan fingerprint density at radius 1 is 1.18 bits per heavy atom. The summed E-state index contributed by atoms with van der Waals surface area (Å²) in [4.78, 5) is 26.7. The van der Waals surface area contributed by atoms with E-state index in [-0.39, 0.29) is 40.8 Å². The molecule has 1 aliphatic rings. The summed E-state index contributed by atoms with van der Waals surface area (Å²) in [6, 6.07) is 8.91. The maximum atomic E-state index is 12.9. The number of carbonyl (C=O) groups excluding carboxylic acids is 2. The minimum Gasteiger partial charge on any atom is -0.465 e. The van der Waals surface area contributed by atoms with Gasteiger partial charge in [-0.1, -0.05) is 11.6 Å². The van der Waals surface area contributed by atoms with Gasteiger partial charge in [-0.3, -0.25) is 4.79 Å². The van der Waals surface area contributed by atoms with Crippen molar-refractivity contribution < 1.29 is 31.9 Å². The highest BCUT2D eigenvalue weighted by Crippen LogP contribution is 2.31. The van der Waals surface area contributed by atoms with E-state index in [9.17, 15) is 18.0 Å². The zero-order chi connectivity index (χ0) is 24.2. The average Bonchev–Trinajstić information content (AvgIpc) is 3.33. The second-order valence-corrected chi connectivity index (χ2v) is 9.25. The Bertz CT molecular complexity index is 1210. The monoisotopic (exact) mass is 494 g/mol. The number of hydrogen-bond acceptors (Lipinski definition) is 7. The lowest BCUT2D eigenvalue weighted by Crippen LogP contribution is -2.28. The first-order chi connectivity index (χ1) is 15.7. The van der Waals surface area contributed by atoms with Gasteiger partial charge in [0.1, 0.15) is 11.5 Å². The summed E-state index contributed by atoms with van der Waals surface area (Å²) in [5, 5.41) is 0.426. The maximum absolute atomic E-state index is 12.9. The molecule has 9 nitrogen and oxygen atoms in total. The molecule has 0 fully saturated rings. The van der Waals surface area contributed by atoms with Gasteiger partial charge in [-0.2, -0.15) is 0 Å². The fraction of sp³-hybridized carbons (Fsp3) is 0.273. The summed E-state index contributed by atoms with van der Waals surface area (Å²) in [5.74, 6) is -0.427. The van der Waals surface area contributed by atoms with Crippen LogP contribution in [0.25, 0.3) is 6.08 Å². The van der Waals surface area contributed by atoms with E-state index >= 15 is 0 Å². The number of amides is 1. The first kappa shape index (κ1) is 24.7. The molecule has 2 heterocycles. The number of sulfonamides is 1. The largest absolute Gasteiger partial charge is 0.465 e. The van der Waals surface area contributed by atoms with Gasteiger partial charge < -0.3 is 18.8 Å². The number of ether oxygens (including phenoxy) is 2. The molecule has 1 aliphatic heterocycles. The molecule has 0 aliphatic carbocycles. The standard InChI is InChI=1S/C22H23ClN2O7S/c1-14-20(22(27)31-3)19(21(26)25(14)10-11-30-2)12-16-6-7-17(32-16)13-24-33(28,29)18-8-4-15(23)5-9-18/h4-9,12,24H,10-11,13H2,1-3H3/b19-12-. The van der Waals surface area contributed by atoms with E-state index in [1.54, 1.807) is 19.1 Å². The van der Waals surface area contributed by atoms with Crippen LogP contribution in [0, 0.1) is 0 Å². The molecule has 176 valence electrons. The molecule has 1 aromatic carbocycles. The number of nitrogens with one attached hydrogen (secondary N) is 1. The van der Waals surface area contributed by atoms with E-state index in [1.807, 2.05) is 0 Å². The second-order valence-electron chi connectivity index (χ2n) is 7.04. The Morgan fingerprint density at radius 3 is 2.52 bits per heavy atom. The Labute approximate surface area is 196 Å². The molecule has 11 heteroatoms. The molecule has 0 spiro atoms. The van der Waals surface area contributed by atoms with Crippen LogP contribution in [-0.4, -0.2) is 52.6 Å². The van der Waals surface area contributed by atoms with Crippen molar-refractivity contribution in [3.63, 3.8) is 0 Å². The molecule has 0 saturated heterocycles. The third kappa shape index (κ3) is 5.53. The molecule has 0 atom stereocenters. The van der Waals surface area contributed by atoms with E-state index in [1.165, 1.54) is 49.5 Å². The molecular formula is C22H23ClN2O7S. The third-order valence-electron chi connectivity index (χ3n) is 4.95. The van der Waals surface area contributed by atoms with Crippen molar-refractivity contribution in [1.29, 1.82) is 0 Å². The van der Waals surface area contributed by atoms with Gasteiger partial charge in [-0.25, -0.2) is 17.9 Å². The Morgan fingerprint density at radius 2 is 1.88 bits per heavy atom. The molecule has 0 bridgehead atoms. The molecule has 1 N–H and O–H groups in total. The van der Waals surface area contributed by atoms with Crippen LogP contribution in [0.4, 0.5) is 0 Å². The fourth-order valence-corrected chi connectivity index (χ4v) is 4.37. The topological polar surface area (TPSA) is 115 Å². The molecule has 2 aromatic rings. The summed E-state index contributed by atoms with van der Waals surface area (Å²) in [7, 11) is -1.02. The first-order valence-electron chi connectivity index (χ1n) is 9.84. The van der Waals surface area contributed by atoms with E-state index in [0.29, 0.717) is 23.1 Å². The van der Waals surface area contributed by atoms with E-state index < -0.39 is 16.0 Å². The number of allylic oxidation sites excluding steroid dienone is 1. The van der Waals surface area contributed by atoms with Crippen LogP contribution in [0.15, 0.2) is 62.6 Å². The number of esters is 1. The number of hydrogen-bond donors (Lipinski definition) is 1. The van der Waals surface area contributed by atoms with Crippen molar-refractivity contribution in [2.24, 2.45) is 0 Å². The molecular weight excluding hydrogens is 472 g/mol. The smallest absolute Gasteiger partial charge is 0.340 e. The van der Waals surface area contributed by atoms with Gasteiger partial charge in [0.2, 0.25) is 10.0 Å². The zero-order valence-electron chi connectivity index (χ0n) is 18.3. The number of methoxy groups -OCH3 is 2. The van der Waals surface area contributed by atoms with E-state index in [0.717, 1.165) is 0 Å². The summed E-state index contributed by atoms with van der Waals surface area (Å²) < 4.78 is 42.8. The quantitative estimate of drug-likeness (QED) is 0.421. The van der Waals surface area contributed by atoms with Gasteiger partial charge in [0.25, 0.3) is 5.91 Å². The van der Waals surface area contributed by atoms with E-state index in [2.05, 4.69) is 4.72 Å². The highest BCUT2D eigenvalue weighted by atomic mass is 35.5. The number of nitrogens with zero attached hydrogens (tertiary/aromatic N) is 1. The van der Waals surface area contributed by atoms with Crippen LogP contribution < -0.4 is 4.72 Å². The first-order valence-corrected chi connectivity index (χ1v) is 11.7. The minimum absolute atomic E-state index is 0.0665. The number of halogens is 1. The summed E-state index contributed by atoms with van der Waals surface area (Å²) in [6.45, 7) is 2.11. The molecule has 1 aromatic heterocycles. The van der Waals surface area contributed by atoms with Crippen LogP contribution in [0.1, 0.15) is 18.4 Å².